The minimum Gasteiger partial charge on any atom is -0.309 e. The minimum absolute atomic E-state index is 0.601. The van der Waals surface area contributed by atoms with E-state index in [-0.39, 0.29) is 0 Å². The topological polar surface area (TPSA) is 28.0 Å². The van der Waals surface area contributed by atoms with Crippen molar-refractivity contribution >= 4 is 6.01 Å². The SMILES string of the molecule is CC(C)CN=C=NCCCN(C)C. The predicted molar refractivity (Wildman–Crippen MR) is 57.6 cm³/mol. The van der Waals surface area contributed by atoms with Crippen molar-refractivity contribution in [2.75, 3.05) is 33.7 Å². The monoisotopic (exact) mass is 183 g/mol. The first-order valence-electron chi connectivity index (χ1n) is 4.85. The van der Waals surface area contributed by atoms with Gasteiger partial charge in [0.2, 0.25) is 0 Å². The van der Waals surface area contributed by atoms with Crippen molar-refractivity contribution in [1.29, 1.82) is 0 Å². The number of hydrogen-bond donors (Lipinski definition) is 0. The molecule has 0 saturated heterocycles. The number of hydrogen-bond acceptors (Lipinski definition) is 3. The third kappa shape index (κ3) is 11.3. The molecule has 0 rings (SSSR count). The van der Waals surface area contributed by atoms with E-state index in [1.807, 2.05) is 0 Å². The average Bonchev–Trinajstić information content (AvgIpc) is 2.01. The Kier molecular flexibility index (Phi) is 7.56. The first kappa shape index (κ1) is 12.3. The smallest absolute Gasteiger partial charge is 0.0892 e. The zero-order valence-corrected chi connectivity index (χ0v) is 9.25. The molecule has 0 N–H and O–H groups in total. The summed E-state index contributed by atoms with van der Waals surface area (Å²) in [5.74, 6) is 0.601. The summed E-state index contributed by atoms with van der Waals surface area (Å²) in [4.78, 5) is 10.3. The fourth-order valence-corrected chi connectivity index (χ4v) is 0.789. The van der Waals surface area contributed by atoms with Crippen molar-refractivity contribution in [2.45, 2.75) is 20.3 Å². The molecule has 0 aliphatic heterocycles. The maximum atomic E-state index is 4.07. The van der Waals surface area contributed by atoms with E-state index < -0.39 is 0 Å². The van der Waals surface area contributed by atoms with Gasteiger partial charge in [0.1, 0.15) is 0 Å². The van der Waals surface area contributed by atoms with Gasteiger partial charge in [-0.3, -0.25) is 0 Å². The van der Waals surface area contributed by atoms with E-state index in [1.54, 1.807) is 0 Å². The third-order valence-electron chi connectivity index (χ3n) is 1.47. The van der Waals surface area contributed by atoms with Crippen molar-refractivity contribution < 1.29 is 0 Å². The standard InChI is InChI=1S/C10H21N3/c1-10(2)8-12-9-11-6-5-7-13(3)4/h10H,5-8H2,1-4H3. The summed E-state index contributed by atoms with van der Waals surface area (Å²) in [6.07, 6.45) is 1.08. The fraction of sp³-hybridized carbons (Fsp3) is 0.900. The van der Waals surface area contributed by atoms with E-state index in [0.717, 1.165) is 26.1 Å². The normalized spacial score (nSPS) is 10.3. The van der Waals surface area contributed by atoms with Crippen LogP contribution in [0.25, 0.3) is 0 Å². The van der Waals surface area contributed by atoms with Crippen LogP contribution in [0.4, 0.5) is 0 Å². The highest BCUT2D eigenvalue weighted by Gasteiger charge is 1.88. The summed E-state index contributed by atoms with van der Waals surface area (Å²) in [6.45, 7) is 7.01. The van der Waals surface area contributed by atoms with Gasteiger partial charge in [0, 0.05) is 0 Å². The Morgan fingerprint density at radius 2 is 1.92 bits per heavy atom. The molecular formula is C10H21N3. The molecule has 76 valence electrons. The zero-order chi connectivity index (χ0) is 10.1. The van der Waals surface area contributed by atoms with Crippen LogP contribution in [0.1, 0.15) is 20.3 Å². The third-order valence-corrected chi connectivity index (χ3v) is 1.47. The van der Waals surface area contributed by atoms with Crippen LogP contribution in [0.15, 0.2) is 9.98 Å². The van der Waals surface area contributed by atoms with Crippen LogP contribution in [0.5, 0.6) is 0 Å². The quantitative estimate of drug-likeness (QED) is 0.455. The van der Waals surface area contributed by atoms with Crippen molar-refractivity contribution in [2.24, 2.45) is 15.9 Å². The summed E-state index contributed by atoms with van der Waals surface area (Å²) in [7, 11) is 4.13. The lowest BCUT2D eigenvalue weighted by Crippen LogP contribution is -2.13. The Labute approximate surface area is 81.6 Å². The molecule has 0 aromatic heterocycles. The second-order valence-corrected chi connectivity index (χ2v) is 3.87. The number of nitrogens with zero attached hydrogens (tertiary/aromatic N) is 3. The van der Waals surface area contributed by atoms with Crippen LogP contribution in [0.2, 0.25) is 0 Å². The highest BCUT2D eigenvalue weighted by atomic mass is 15.0. The molecule has 0 fully saturated rings. The predicted octanol–water partition coefficient (Wildman–Crippen LogP) is 1.77. The Morgan fingerprint density at radius 3 is 2.46 bits per heavy atom. The van der Waals surface area contributed by atoms with Gasteiger partial charge in [-0.15, -0.1) is 0 Å². The molecular weight excluding hydrogens is 162 g/mol. The van der Waals surface area contributed by atoms with Gasteiger partial charge < -0.3 is 4.90 Å². The van der Waals surface area contributed by atoms with Gasteiger partial charge in [-0.2, -0.15) is 0 Å². The molecule has 0 aliphatic carbocycles. The lowest BCUT2D eigenvalue weighted by molar-refractivity contribution is 0.403. The Balaban J connectivity index is 3.35. The summed E-state index contributed by atoms with van der Waals surface area (Å²) >= 11 is 0. The van der Waals surface area contributed by atoms with Gasteiger partial charge >= 0.3 is 0 Å². The zero-order valence-electron chi connectivity index (χ0n) is 9.25. The average molecular weight is 183 g/mol. The van der Waals surface area contributed by atoms with E-state index >= 15 is 0 Å². The molecule has 0 saturated carbocycles. The first-order chi connectivity index (χ1) is 6.13. The largest absolute Gasteiger partial charge is 0.309 e. The highest BCUT2D eigenvalue weighted by Crippen LogP contribution is 1.89. The second kappa shape index (κ2) is 7.96. The maximum Gasteiger partial charge on any atom is 0.0892 e. The Hall–Kier alpha value is -0.660. The van der Waals surface area contributed by atoms with Crippen molar-refractivity contribution in [3.8, 4) is 0 Å². The van der Waals surface area contributed by atoms with Crippen molar-refractivity contribution in [3.63, 3.8) is 0 Å². The van der Waals surface area contributed by atoms with E-state index in [9.17, 15) is 0 Å². The van der Waals surface area contributed by atoms with E-state index in [1.165, 1.54) is 0 Å². The van der Waals surface area contributed by atoms with E-state index in [4.69, 9.17) is 0 Å². The van der Waals surface area contributed by atoms with Crippen molar-refractivity contribution in [3.05, 3.63) is 0 Å². The molecule has 13 heavy (non-hydrogen) atoms. The molecule has 0 aromatic rings. The van der Waals surface area contributed by atoms with Gasteiger partial charge in [-0.1, -0.05) is 13.8 Å². The van der Waals surface area contributed by atoms with Crippen LogP contribution in [-0.2, 0) is 0 Å². The lowest BCUT2D eigenvalue weighted by Gasteiger charge is -2.05. The molecule has 0 unspecified atom stereocenters. The van der Waals surface area contributed by atoms with Crippen LogP contribution in [0.3, 0.4) is 0 Å². The van der Waals surface area contributed by atoms with Crippen LogP contribution >= 0.6 is 0 Å². The highest BCUT2D eigenvalue weighted by molar-refractivity contribution is 5.40. The molecule has 0 radical (unpaired) electrons. The van der Waals surface area contributed by atoms with Crippen LogP contribution in [0, 0.1) is 5.92 Å². The molecule has 3 heteroatoms. The Bertz CT molecular complexity index is 167. The van der Waals surface area contributed by atoms with Crippen molar-refractivity contribution in [1.82, 2.24) is 4.90 Å². The number of aliphatic imine (C=N–C) groups is 2. The first-order valence-corrected chi connectivity index (χ1v) is 4.85. The molecule has 0 aliphatic rings. The van der Waals surface area contributed by atoms with E-state index in [0.29, 0.717) is 5.92 Å². The summed E-state index contributed by atoms with van der Waals surface area (Å²) in [5, 5.41) is 0. The van der Waals surface area contributed by atoms with Gasteiger partial charge in [0.15, 0.2) is 0 Å². The summed E-state index contributed by atoms with van der Waals surface area (Å²) in [6, 6.07) is 2.72. The fourth-order valence-electron chi connectivity index (χ4n) is 0.789. The van der Waals surface area contributed by atoms with Gasteiger partial charge in [0.05, 0.1) is 19.1 Å². The number of rotatable bonds is 6. The van der Waals surface area contributed by atoms with Gasteiger partial charge in [0.25, 0.3) is 0 Å². The minimum atomic E-state index is 0.601. The summed E-state index contributed by atoms with van der Waals surface area (Å²) in [5.41, 5.74) is 0. The van der Waals surface area contributed by atoms with Crippen LogP contribution < -0.4 is 0 Å². The molecule has 0 bridgehead atoms. The molecule has 3 nitrogen and oxygen atoms in total. The maximum absolute atomic E-state index is 4.07. The molecule has 0 atom stereocenters. The van der Waals surface area contributed by atoms with Gasteiger partial charge in [-0.05, 0) is 33.0 Å². The Morgan fingerprint density at radius 1 is 1.23 bits per heavy atom. The second-order valence-electron chi connectivity index (χ2n) is 3.87. The lowest BCUT2D eigenvalue weighted by atomic mass is 10.2. The van der Waals surface area contributed by atoms with E-state index in [2.05, 4.69) is 48.8 Å². The molecule has 0 spiro atoms. The molecule has 0 heterocycles. The van der Waals surface area contributed by atoms with Crippen LogP contribution in [-0.4, -0.2) is 44.6 Å². The summed E-state index contributed by atoms with van der Waals surface area (Å²) < 4.78 is 0. The molecule has 0 amide bonds. The van der Waals surface area contributed by atoms with Gasteiger partial charge in [-0.25, -0.2) is 9.98 Å². The molecule has 0 aromatic carbocycles.